The summed E-state index contributed by atoms with van der Waals surface area (Å²) >= 11 is 0. The predicted molar refractivity (Wildman–Crippen MR) is 117 cm³/mol. The van der Waals surface area contributed by atoms with Crippen LogP contribution in [0.15, 0.2) is 12.1 Å². The summed E-state index contributed by atoms with van der Waals surface area (Å²) in [7, 11) is 0. The van der Waals surface area contributed by atoms with Gasteiger partial charge >= 0.3 is 0 Å². The molecule has 0 spiro atoms. The van der Waals surface area contributed by atoms with E-state index >= 15 is 0 Å². The number of rotatable bonds is 5. The van der Waals surface area contributed by atoms with E-state index in [9.17, 15) is 0 Å². The van der Waals surface area contributed by atoms with Crippen molar-refractivity contribution in [1.29, 1.82) is 0 Å². The van der Waals surface area contributed by atoms with Crippen molar-refractivity contribution in [3.63, 3.8) is 0 Å². The summed E-state index contributed by atoms with van der Waals surface area (Å²) in [6.45, 7) is 12.5. The van der Waals surface area contributed by atoms with E-state index in [4.69, 9.17) is 0 Å². The van der Waals surface area contributed by atoms with Gasteiger partial charge in [0.05, 0.1) is 0 Å². The smallest absolute Gasteiger partial charge is 0.0102 e. The Kier molecular flexibility index (Phi) is 5.47. The number of benzene rings is 1. The number of hydrogen-bond donors (Lipinski definition) is 0. The van der Waals surface area contributed by atoms with Crippen LogP contribution in [-0.4, -0.2) is 0 Å². The van der Waals surface area contributed by atoms with Crippen molar-refractivity contribution in [1.82, 2.24) is 0 Å². The van der Waals surface area contributed by atoms with Crippen LogP contribution in [0.4, 0.5) is 0 Å². The third-order valence-electron chi connectivity index (χ3n) is 9.29. The van der Waals surface area contributed by atoms with Crippen molar-refractivity contribution in [3.8, 4) is 0 Å². The molecule has 0 radical (unpaired) electrons. The van der Waals surface area contributed by atoms with Gasteiger partial charge in [0.1, 0.15) is 0 Å². The second kappa shape index (κ2) is 7.57. The van der Waals surface area contributed by atoms with E-state index in [1.807, 2.05) is 0 Å². The van der Waals surface area contributed by atoms with Gasteiger partial charge in [-0.15, -0.1) is 0 Å². The SMILES string of the molecule is CC(C)[C@@H](C)CC[C@@H](C)[C@@H]1CC[C@@H]2c3ccc4c(c3CC[C@@]21C)CCCC4. The largest absolute Gasteiger partial charge is 0.0625 e. The lowest BCUT2D eigenvalue weighted by Gasteiger charge is -2.45. The van der Waals surface area contributed by atoms with E-state index in [1.54, 1.807) is 22.3 Å². The van der Waals surface area contributed by atoms with Crippen molar-refractivity contribution >= 4 is 0 Å². The highest BCUT2D eigenvalue weighted by Crippen LogP contribution is 2.61. The highest BCUT2D eigenvalue weighted by Gasteiger charge is 2.51. The third-order valence-corrected chi connectivity index (χ3v) is 9.29. The van der Waals surface area contributed by atoms with Gasteiger partial charge in [-0.2, -0.15) is 0 Å². The molecule has 0 unspecified atom stereocenters. The molecule has 5 atom stereocenters. The van der Waals surface area contributed by atoms with Crippen molar-refractivity contribution in [2.75, 3.05) is 0 Å². The second-order valence-corrected chi connectivity index (χ2v) is 11.0. The lowest BCUT2D eigenvalue weighted by molar-refractivity contribution is 0.115. The Balaban J connectivity index is 1.54. The zero-order chi connectivity index (χ0) is 19.2. The highest BCUT2D eigenvalue weighted by molar-refractivity contribution is 5.47. The summed E-state index contributed by atoms with van der Waals surface area (Å²) in [4.78, 5) is 0. The summed E-state index contributed by atoms with van der Waals surface area (Å²) < 4.78 is 0. The molecule has 1 aromatic carbocycles. The molecule has 1 fully saturated rings. The first-order valence-corrected chi connectivity index (χ1v) is 12.0. The molecule has 3 aliphatic carbocycles. The molecule has 0 amide bonds. The topological polar surface area (TPSA) is 0 Å². The Labute approximate surface area is 168 Å². The van der Waals surface area contributed by atoms with Crippen LogP contribution in [0.5, 0.6) is 0 Å². The Hall–Kier alpha value is -0.780. The standard InChI is InChI=1S/C27H42/c1-18(2)19(3)10-11-20(4)25-14-15-26-24-13-12-21-8-6-7-9-22(21)23(24)16-17-27(25,26)5/h12-13,18-20,25-26H,6-11,14-17H2,1-5H3/t19-,20+,25-,26+,27+/m0/s1. The van der Waals surface area contributed by atoms with E-state index in [1.165, 1.54) is 64.2 Å². The molecule has 0 bridgehead atoms. The second-order valence-electron chi connectivity index (χ2n) is 11.0. The Bertz CT molecular complexity index is 669. The summed E-state index contributed by atoms with van der Waals surface area (Å²) in [5.74, 6) is 4.36. The van der Waals surface area contributed by atoms with Crippen molar-refractivity contribution in [3.05, 3.63) is 34.4 Å². The van der Waals surface area contributed by atoms with Crippen molar-refractivity contribution < 1.29 is 0 Å². The lowest BCUT2D eigenvalue weighted by Crippen LogP contribution is -2.36. The van der Waals surface area contributed by atoms with Gasteiger partial charge in [-0.05, 0) is 109 Å². The van der Waals surface area contributed by atoms with Crippen LogP contribution in [0.3, 0.4) is 0 Å². The highest BCUT2D eigenvalue weighted by atomic mass is 14.5. The summed E-state index contributed by atoms with van der Waals surface area (Å²) in [6.07, 6.45) is 14.1. The van der Waals surface area contributed by atoms with Gasteiger partial charge in [0.15, 0.2) is 0 Å². The zero-order valence-electron chi connectivity index (χ0n) is 18.6. The maximum atomic E-state index is 2.67. The van der Waals surface area contributed by atoms with E-state index in [0.717, 1.165) is 29.6 Å². The average molecular weight is 367 g/mol. The Morgan fingerprint density at radius 2 is 1.70 bits per heavy atom. The monoisotopic (exact) mass is 366 g/mol. The van der Waals surface area contributed by atoms with Gasteiger partial charge < -0.3 is 0 Å². The molecule has 1 saturated carbocycles. The van der Waals surface area contributed by atoms with E-state index in [-0.39, 0.29) is 0 Å². The summed E-state index contributed by atoms with van der Waals surface area (Å²) in [5.41, 5.74) is 7.60. The van der Waals surface area contributed by atoms with Crippen LogP contribution in [0, 0.1) is 29.1 Å². The van der Waals surface area contributed by atoms with Crippen molar-refractivity contribution in [2.24, 2.45) is 29.1 Å². The fourth-order valence-electron chi connectivity index (χ4n) is 7.07. The van der Waals surface area contributed by atoms with Crippen LogP contribution >= 0.6 is 0 Å². The maximum absolute atomic E-state index is 2.67. The Morgan fingerprint density at radius 1 is 0.926 bits per heavy atom. The molecule has 0 N–H and O–H groups in total. The number of hydrogen-bond acceptors (Lipinski definition) is 0. The summed E-state index contributed by atoms with van der Waals surface area (Å²) in [5, 5.41) is 0. The molecule has 0 nitrogen and oxygen atoms in total. The molecule has 0 aliphatic heterocycles. The van der Waals surface area contributed by atoms with E-state index in [2.05, 4.69) is 46.8 Å². The Morgan fingerprint density at radius 3 is 2.48 bits per heavy atom. The molecule has 0 heteroatoms. The van der Waals surface area contributed by atoms with Gasteiger partial charge in [0.25, 0.3) is 0 Å². The van der Waals surface area contributed by atoms with Gasteiger partial charge in [0, 0.05) is 0 Å². The third kappa shape index (κ3) is 3.40. The van der Waals surface area contributed by atoms with Gasteiger partial charge in [0.2, 0.25) is 0 Å². The molecule has 27 heavy (non-hydrogen) atoms. The maximum Gasteiger partial charge on any atom is -0.0102 e. The van der Waals surface area contributed by atoms with Crippen LogP contribution in [0.25, 0.3) is 0 Å². The minimum atomic E-state index is 0.552. The number of fused-ring (bicyclic) bond motifs is 5. The van der Waals surface area contributed by atoms with Crippen LogP contribution in [0.1, 0.15) is 108 Å². The lowest BCUT2D eigenvalue weighted by atomic mass is 9.59. The van der Waals surface area contributed by atoms with Gasteiger partial charge in [-0.25, -0.2) is 0 Å². The average Bonchev–Trinajstić information content (AvgIpc) is 3.02. The van der Waals surface area contributed by atoms with Crippen LogP contribution < -0.4 is 0 Å². The molecular weight excluding hydrogens is 324 g/mol. The molecule has 0 aromatic heterocycles. The molecule has 0 heterocycles. The molecule has 0 saturated heterocycles. The molecule has 1 aromatic rings. The van der Waals surface area contributed by atoms with Gasteiger partial charge in [-0.1, -0.05) is 59.6 Å². The first-order chi connectivity index (χ1) is 12.9. The van der Waals surface area contributed by atoms with E-state index < -0.39 is 0 Å². The van der Waals surface area contributed by atoms with Crippen LogP contribution in [0.2, 0.25) is 0 Å². The minimum Gasteiger partial charge on any atom is -0.0625 e. The van der Waals surface area contributed by atoms with Gasteiger partial charge in [-0.3, -0.25) is 0 Å². The fourth-order valence-corrected chi connectivity index (χ4v) is 7.07. The first kappa shape index (κ1) is 19.5. The predicted octanol–water partition coefficient (Wildman–Crippen LogP) is 7.72. The molecule has 3 aliphatic rings. The number of aryl methyl sites for hydroxylation is 1. The first-order valence-electron chi connectivity index (χ1n) is 12.0. The minimum absolute atomic E-state index is 0.552. The van der Waals surface area contributed by atoms with Crippen molar-refractivity contribution in [2.45, 2.75) is 105 Å². The summed E-state index contributed by atoms with van der Waals surface area (Å²) in [6, 6.07) is 5.08. The normalized spacial score (nSPS) is 31.9. The zero-order valence-corrected chi connectivity index (χ0v) is 18.6. The fraction of sp³-hybridized carbons (Fsp3) is 0.778. The van der Waals surface area contributed by atoms with E-state index in [0.29, 0.717) is 5.41 Å². The van der Waals surface area contributed by atoms with Crippen LogP contribution in [-0.2, 0) is 19.3 Å². The molecular formula is C27H42. The molecule has 4 rings (SSSR count). The quantitative estimate of drug-likeness (QED) is 0.500. The molecule has 150 valence electrons.